The Hall–Kier alpha value is -3.32. The van der Waals surface area contributed by atoms with E-state index in [-0.39, 0.29) is 22.8 Å². The van der Waals surface area contributed by atoms with Crippen LogP contribution < -0.4 is 10.9 Å². The van der Waals surface area contributed by atoms with Gasteiger partial charge in [-0.05, 0) is 36.4 Å². The number of thiazole rings is 1. The number of anilines is 1. The van der Waals surface area contributed by atoms with Crippen molar-refractivity contribution in [1.29, 1.82) is 0 Å². The van der Waals surface area contributed by atoms with Crippen molar-refractivity contribution in [1.82, 2.24) is 4.98 Å². The van der Waals surface area contributed by atoms with Gasteiger partial charge in [0, 0.05) is 17.0 Å². The number of aromatic nitrogens is 1. The molecule has 2 aromatic heterocycles. The summed E-state index contributed by atoms with van der Waals surface area (Å²) in [7, 11) is 0. The molecule has 128 valence electrons. The van der Waals surface area contributed by atoms with E-state index >= 15 is 0 Å². The van der Waals surface area contributed by atoms with Crippen LogP contribution in [0.3, 0.4) is 0 Å². The Labute approximate surface area is 151 Å². The fraction of sp³-hybridized carbons (Fsp3) is 0. The van der Waals surface area contributed by atoms with Crippen LogP contribution in [0.2, 0.25) is 0 Å². The molecule has 1 N–H and O–H groups in total. The monoisotopic (exact) mass is 365 g/mol. The van der Waals surface area contributed by atoms with Crippen molar-refractivity contribution in [2.45, 2.75) is 0 Å². The van der Waals surface area contributed by atoms with Gasteiger partial charge in [0.2, 0.25) is 5.55 Å². The molecule has 0 spiro atoms. The number of fused-ring (bicyclic) bond motifs is 1. The van der Waals surface area contributed by atoms with Crippen molar-refractivity contribution in [3.63, 3.8) is 0 Å². The van der Waals surface area contributed by atoms with Crippen molar-refractivity contribution < 1.29 is 13.6 Å². The minimum Gasteiger partial charge on any atom is -0.438 e. The van der Waals surface area contributed by atoms with Crippen LogP contribution in [0, 0.1) is 5.82 Å². The normalized spacial score (nSPS) is 11.7. The molecule has 2 aromatic carbocycles. The van der Waals surface area contributed by atoms with Gasteiger partial charge in [0.05, 0.1) is 5.69 Å². The maximum Gasteiger partial charge on any atom is 0.262 e. The molecule has 26 heavy (non-hydrogen) atoms. The van der Waals surface area contributed by atoms with Crippen LogP contribution >= 0.6 is 11.3 Å². The molecule has 0 atom stereocenters. The van der Waals surface area contributed by atoms with Crippen molar-refractivity contribution in [3.05, 3.63) is 83.1 Å². The third-order valence-electron chi connectivity index (χ3n) is 3.61. The summed E-state index contributed by atoms with van der Waals surface area (Å²) in [5, 5.41) is 5.75. The molecule has 2 heterocycles. The molecule has 0 fully saturated rings. The zero-order chi connectivity index (χ0) is 17.9. The van der Waals surface area contributed by atoms with E-state index in [9.17, 15) is 9.18 Å². The van der Waals surface area contributed by atoms with Gasteiger partial charge in [0.15, 0.2) is 5.13 Å². The standard InChI is InChI=1S/C19H12FN3O2S/c20-13-5-7-14(8-6-13)22-18-15(17(24)23-19-21-9-10-26-19)11-12-3-1-2-4-16(12)25-18/h1-11H,(H,21,23,24). The van der Waals surface area contributed by atoms with E-state index in [4.69, 9.17) is 4.42 Å². The molecule has 0 saturated heterocycles. The molecule has 7 heteroatoms. The number of nitrogens with zero attached hydrogens (tertiary/aromatic N) is 2. The number of nitrogens with one attached hydrogen (secondary N) is 1. The first-order valence-electron chi connectivity index (χ1n) is 7.73. The average Bonchev–Trinajstić information content (AvgIpc) is 3.16. The lowest BCUT2D eigenvalue weighted by atomic mass is 10.2. The highest BCUT2D eigenvalue weighted by atomic mass is 32.1. The Morgan fingerprint density at radius 2 is 1.96 bits per heavy atom. The van der Waals surface area contributed by atoms with Crippen molar-refractivity contribution in [2.75, 3.05) is 5.32 Å². The summed E-state index contributed by atoms with van der Waals surface area (Å²) in [6, 6.07) is 14.7. The summed E-state index contributed by atoms with van der Waals surface area (Å²) in [5.74, 6) is -0.739. The van der Waals surface area contributed by atoms with E-state index in [1.807, 2.05) is 18.2 Å². The van der Waals surface area contributed by atoms with Gasteiger partial charge < -0.3 is 4.42 Å². The zero-order valence-corrected chi connectivity index (χ0v) is 14.2. The number of carbonyl (C=O) groups is 1. The first-order valence-corrected chi connectivity index (χ1v) is 8.61. The number of benzene rings is 2. The van der Waals surface area contributed by atoms with E-state index in [1.54, 1.807) is 23.7 Å². The van der Waals surface area contributed by atoms with E-state index in [2.05, 4.69) is 15.3 Å². The molecule has 0 aliphatic heterocycles. The van der Waals surface area contributed by atoms with Crippen molar-refractivity contribution in [2.24, 2.45) is 4.99 Å². The molecule has 0 aliphatic carbocycles. The lowest BCUT2D eigenvalue weighted by Crippen LogP contribution is -2.21. The molecular weight excluding hydrogens is 353 g/mol. The van der Waals surface area contributed by atoms with Crippen LogP contribution in [-0.4, -0.2) is 10.9 Å². The SMILES string of the molecule is O=C(Nc1nccs1)c1cc2ccccc2oc1=Nc1ccc(F)cc1. The van der Waals surface area contributed by atoms with Gasteiger partial charge in [-0.2, -0.15) is 0 Å². The van der Waals surface area contributed by atoms with E-state index in [0.717, 1.165) is 5.39 Å². The lowest BCUT2D eigenvalue weighted by molar-refractivity contribution is 0.102. The van der Waals surface area contributed by atoms with Crippen LogP contribution in [-0.2, 0) is 0 Å². The Bertz CT molecular complexity index is 1140. The quantitative estimate of drug-likeness (QED) is 0.581. The highest BCUT2D eigenvalue weighted by molar-refractivity contribution is 7.13. The van der Waals surface area contributed by atoms with Crippen LogP contribution in [0.1, 0.15) is 10.4 Å². The fourth-order valence-corrected chi connectivity index (χ4v) is 2.92. The number of hydrogen-bond acceptors (Lipinski definition) is 5. The van der Waals surface area contributed by atoms with Gasteiger partial charge in [-0.3, -0.25) is 10.1 Å². The topological polar surface area (TPSA) is 67.5 Å². The number of rotatable bonds is 3. The van der Waals surface area contributed by atoms with Crippen LogP contribution in [0.5, 0.6) is 0 Å². The van der Waals surface area contributed by atoms with E-state index in [0.29, 0.717) is 16.4 Å². The molecule has 0 radical (unpaired) electrons. The first-order chi connectivity index (χ1) is 12.7. The number of amides is 1. The molecular formula is C19H12FN3O2S. The second-order valence-electron chi connectivity index (χ2n) is 5.38. The second kappa shape index (κ2) is 6.89. The summed E-state index contributed by atoms with van der Waals surface area (Å²) in [5.41, 5.74) is 1.49. The zero-order valence-electron chi connectivity index (χ0n) is 13.3. The second-order valence-corrected chi connectivity index (χ2v) is 6.28. The average molecular weight is 365 g/mol. The van der Waals surface area contributed by atoms with Gasteiger partial charge in [-0.1, -0.05) is 18.2 Å². The van der Waals surface area contributed by atoms with Gasteiger partial charge in [-0.15, -0.1) is 11.3 Å². The Kier molecular flexibility index (Phi) is 4.28. The third-order valence-corrected chi connectivity index (χ3v) is 4.30. The van der Waals surface area contributed by atoms with E-state index < -0.39 is 0 Å². The number of hydrogen-bond donors (Lipinski definition) is 1. The maximum atomic E-state index is 13.1. The predicted molar refractivity (Wildman–Crippen MR) is 97.9 cm³/mol. The highest BCUT2D eigenvalue weighted by Crippen LogP contribution is 2.17. The minimum atomic E-state index is -0.379. The first kappa shape index (κ1) is 16.2. The van der Waals surface area contributed by atoms with Crippen LogP contribution in [0.25, 0.3) is 11.0 Å². The largest absolute Gasteiger partial charge is 0.438 e. The van der Waals surface area contributed by atoms with E-state index in [1.165, 1.54) is 35.6 Å². The van der Waals surface area contributed by atoms with Gasteiger partial charge in [0.1, 0.15) is 17.0 Å². The molecule has 0 bridgehead atoms. The predicted octanol–water partition coefficient (Wildman–Crippen LogP) is 4.51. The fourth-order valence-electron chi connectivity index (χ4n) is 2.40. The summed E-state index contributed by atoms with van der Waals surface area (Å²) < 4.78 is 18.9. The number of para-hydroxylation sites is 1. The summed E-state index contributed by atoms with van der Waals surface area (Å²) in [6.45, 7) is 0. The van der Waals surface area contributed by atoms with Crippen molar-refractivity contribution >= 4 is 39.0 Å². The molecule has 1 amide bonds. The minimum absolute atomic E-state index is 0.143. The molecule has 4 rings (SSSR count). The summed E-state index contributed by atoms with van der Waals surface area (Å²) in [4.78, 5) is 21.1. The Morgan fingerprint density at radius 1 is 1.15 bits per heavy atom. The summed E-state index contributed by atoms with van der Waals surface area (Å²) in [6.07, 6.45) is 1.61. The number of carbonyl (C=O) groups excluding carboxylic acids is 1. The molecule has 4 aromatic rings. The van der Waals surface area contributed by atoms with Gasteiger partial charge in [-0.25, -0.2) is 14.4 Å². The molecule has 0 unspecified atom stereocenters. The Balaban J connectivity index is 1.86. The Morgan fingerprint density at radius 3 is 2.73 bits per heavy atom. The number of halogens is 1. The van der Waals surface area contributed by atoms with Crippen LogP contribution in [0.4, 0.5) is 15.2 Å². The third kappa shape index (κ3) is 3.38. The smallest absolute Gasteiger partial charge is 0.262 e. The van der Waals surface area contributed by atoms with Crippen molar-refractivity contribution in [3.8, 4) is 0 Å². The highest BCUT2D eigenvalue weighted by Gasteiger charge is 2.14. The van der Waals surface area contributed by atoms with Gasteiger partial charge in [0.25, 0.3) is 5.91 Å². The molecule has 0 aliphatic rings. The van der Waals surface area contributed by atoms with Gasteiger partial charge >= 0.3 is 0 Å². The maximum absolute atomic E-state index is 13.1. The molecule has 5 nitrogen and oxygen atoms in total. The lowest BCUT2D eigenvalue weighted by Gasteiger charge is -2.05. The summed E-state index contributed by atoms with van der Waals surface area (Å²) >= 11 is 1.32. The molecule has 0 saturated carbocycles. The van der Waals surface area contributed by atoms with Crippen LogP contribution in [0.15, 0.2) is 75.6 Å².